The van der Waals surface area contributed by atoms with Gasteiger partial charge in [0.25, 0.3) is 5.56 Å². The molecular formula is C74H103N7O19. The molecule has 0 saturated heterocycles. The largest absolute Gasteiger partial charge is 0.458 e. The van der Waals surface area contributed by atoms with E-state index in [-0.39, 0.29) is 75.3 Å². The maximum Gasteiger partial charge on any atom is 0.407 e. The van der Waals surface area contributed by atoms with Gasteiger partial charge in [0, 0.05) is 41.6 Å². The van der Waals surface area contributed by atoms with Gasteiger partial charge < -0.3 is 93.5 Å². The number of aliphatic hydroxyl groups is 1. The van der Waals surface area contributed by atoms with Gasteiger partial charge in [-0.25, -0.2) is 14.6 Å². The van der Waals surface area contributed by atoms with Crippen LogP contribution in [-0.2, 0) is 114 Å². The van der Waals surface area contributed by atoms with Crippen LogP contribution in [-0.4, -0.2) is 195 Å². The van der Waals surface area contributed by atoms with Crippen LogP contribution in [0.4, 0.5) is 10.5 Å². The molecule has 0 spiro atoms. The van der Waals surface area contributed by atoms with Crippen LogP contribution in [0.2, 0.25) is 0 Å². The summed E-state index contributed by atoms with van der Waals surface area (Å²) >= 11 is 0. The number of carbonyl (C=O) groups excluding carboxylic acids is 5. The first-order valence-corrected chi connectivity index (χ1v) is 35.2. The van der Waals surface area contributed by atoms with Gasteiger partial charge in [-0.3, -0.25) is 19.2 Å². The highest BCUT2D eigenvalue weighted by atomic mass is 16.6. The fraction of sp³-hybridized carbons (Fsp3) is 0.581. The van der Waals surface area contributed by atoms with Gasteiger partial charge in [0.05, 0.1) is 161 Å². The average molecular weight is 1390 g/mol. The molecule has 3 aliphatic rings. The molecule has 3 aromatic carbocycles. The Labute approximate surface area is 585 Å². The van der Waals surface area contributed by atoms with Crippen molar-refractivity contribution in [3.8, 4) is 11.4 Å². The quantitative estimate of drug-likeness (QED) is 0.0175. The molecule has 7 N–H and O–H groups in total. The molecule has 26 heteroatoms. The fourth-order valence-corrected chi connectivity index (χ4v) is 12.0. The SMILES string of the molecule is CC[C@@]1(O)C(=O)OCc2c1cc1n(c2=O)Cc2c-1nc1cc(C)c(C)c3c1c2[C@@H](NC(=O)OCc1ccc(NC(=O)[C@H](CCCCN)NC(=O)[C@H](Cc2ccccc2)NC(=O)CCOCCOCCOCCOCCOCCOCCOCCOCCOCCOCCC(C)C)cc1)CC3. The van der Waals surface area contributed by atoms with E-state index in [1.807, 2.05) is 43.3 Å². The van der Waals surface area contributed by atoms with Crippen molar-refractivity contribution in [2.75, 3.05) is 144 Å². The lowest BCUT2D eigenvalue weighted by Gasteiger charge is -2.31. The van der Waals surface area contributed by atoms with Crippen LogP contribution in [0, 0.1) is 19.8 Å². The third-order valence-electron chi connectivity index (χ3n) is 17.8. The first-order valence-electron chi connectivity index (χ1n) is 35.2. The van der Waals surface area contributed by atoms with Crippen molar-refractivity contribution in [2.45, 2.75) is 136 Å². The van der Waals surface area contributed by atoms with E-state index in [2.05, 4.69) is 42.0 Å². The number of carbonyl (C=O) groups is 5. The minimum Gasteiger partial charge on any atom is -0.458 e. The average Bonchev–Trinajstić information content (AvgIpc) is 1.49. The van der Waals surface area contributed by atoms with Crippen LogP contribution in [0.25, 0.3) is 22.3 Å². The number of amides is 4. The molecule has 2 aromatic heterocycles. The summed E-state index contributed by atoms with van der Waals surface area (Å²) < 4.78 is 68.3. The maximum absolute atomic E-state index is 14.1. The summed E-state index contributed by atoms with van der Waals surface area (Å²) in [5.41, 5.74) is 12.4. The van der Waals surface area contributed by atoms with E-state index in [1.165, 1.54) is 0 Å². The molecule has 8 rings (SSSR count). The number of rotatable bonds is 48. The summed E-state index contributed by atoms with van der Waals surface area (Å²) in [6, 6.07) is 17.3. The van der Waals surface area contributed by atoms with E-state index in [9.17, 15) is 33.9 Å². The Bertz CT molecular complexity index is 3480. The Kier molecular flexibility index (Phi) is 32.6. The van der Waals surface area contributed by atoms with Crippen molar-refractivity contribution in [1.82, 2.24) is 25.5 Å². The number of hydrogen-bond acceptors (Lipinski definition) is 21. The van der Waals surface area contributed by atoms with Crippen LogP contribution < -0.4 is 32.6 Å². The van der Waals surface area contributed by atoms with E-state index >= 15 is 0 Å². The Morgan fingerprint density at radius 1 is 0.670 bits per heavy atom. The standard InChI is InChI=1S/C74H103N7O19/c1-6-74(88)59-46-64-68-57(47-81(64)71(85)58(59)49-99-72(74)86)67-60(20-19-56-52(5)51(4)44-62(78-68)66(56)67)80-73(87)100-48-54-15-17-55(18-16-54)76-69(83)61(14-10-11-23-75)79-70(84)63(45-53-12-8-7-9-13-53)77-65(82)22-25-90-27-29-92-31-33-94-35-37-96-39-41-98-43-42-97-40-38-95-36-34-93-32-30-91-28-26-89-24-21-50(2)3/h7-9,12-13,15-18,44,46,50,60-61,63,88H,6,10-11,14,19-43,45,47-49,75H2,1-5H3,(H,76,83)(H,77,82)(H,79,84)(H,80,87)/t60-,61-,63-,74-/m0/s1. The second kappa shape index (κ2) is 41.6. The van der Waals surface area contributed by atoms with Crippen molar-refractivity contribution >= 4 is 46.4 Å². The smallest absolute Gasteiger partial charge is 0.407 e. The Morgan fingerprint density at radius 2 is 1.24 bits per heavy atom. The van der Waals surface area contributed by atoms with Crippen molar-refractivity contribution < 1.29 is 85.9 Å². The number of nitrogens with one attached hydrogen (secondary N) is 4. The van der Waals surface area contributed by atoms with Crippen LogP contribution in [0.15, 0.2) is 71.5 Å². The summed E-state index contributed by atoms with van der Waals surface area (Å²) in [5, 5.41) is 24.2. The van der Waals surface area contributed by atoms with Crippen LogP contribution >= 0.6 is 0 Å². The van der Waals surface area contributed by atoms with Gasteiger partial charge in [0.15, 0.2) is 5.60 Å². The zero-order valence-electron chi connectivity index (χ0n) is 58.8. The highest BCUT2D eigenvalue weighted by Gasteiger charge is 2.46. The molecule has 4 heterocycles. The number of aryl methyl sites for hydroxylation is 2. The third kappa shape index (κ3) is 23.4. The molecule has 100 heavy (non-hydrogen) atoms. The predicted molar refractivity (Wildman–Crippen MR) is 373 cm³/mol. The number of fused-ring (bicyclic) bond motifs is 5. The van der Waals surface area contributed by atoms with E-state index in [1.54, 1.807) is 41.8 Å². The second-order valence-electron chi connectivity index (χ2n) is 25.4. The van der Waals surface area contributed by atoms with Gasteiger partial charge in [0.2, 0.25) is 17.7 Å². The number of cyclic esters (lactones) is 1. The van der Waals surface area contributed by atoms with E-state index in [4.69, 9.17) is 67.6 Å². The highest BCUT2D eigenvalue weighted by molar-refractivity contribution is 5.99. The normalized spacial score (nSPS) is 15.8. The number of pyridine rings is 2. The van der Waals surface area contributed by atoms with Crippen molar-refractivity contribution in [3.63, 3.8) is 0 Å². The predicted octanol–water partition coefficient (Wildman–Crippen LogP) is 6.49. The molecule has 26 nitrogen and oxygen atoms in total. The molecule has 4 atom stereocenters. The molecule has 0 saturated carbocycles. The maximum atomic E-state index is 14.1. The Hall–Kier alpha value is -7.31. The first kappa shape index (κ1) is 78.4. The minimum atomic E-state index is -1.98. The number of unbranched alkanes of at least 4 members (excludes halogenated alkanes) is 1. The lowest BCUT2D eigenvalue weighted by Crippen LogP contribution is -2.53. The monoisotopic (exact) mass is 1390 g/mol. The number of aromatic nitrogens is 2. The van der Waals surface area contributed by atoms with Gasteiger partial charge in [-0.05, 0) is 129 Å². The van der Waals surface area contributed by atoms with Gasteiger partial charge in [-0.2, -0.15) is 0 Å². The van der Waals surface area contributed by atoms with Crippen LogP contribution in [0.5, 0.6) is 0 Å². The lowest BCUT2D eigenvalue weighted by atomic mass is 9.81. The number of hydrogen-bond donors (Lipinski definition) is 6. The van der Waals surface area contributed by atoms with E-state index in [0.29, 0.717) is 179 Å². The zero-order chi connectivity index (χ0) is 71.1. The summed E-state index contributed by atoms with van der Waals surface area (Å²) in [4.78, 5) is 87.4. The van der Waals surface area contributed by atoms with E-state index in [0.717, 1.165) is 51.8 Å². The number of anilines is 1. The first-order chi connectivity index (χ1) is 48.6. The third-order valence-corrected chi connectivity index (χ3v) is 17.8. The lowest BCUT2D eigenvalue weighted by molar-refractivity contribution is -0.172. The molecule has 2 aliphatic heterocycles. The van der Waals surface area contributed by atoms with Crippen molar-refractivity contribution in [1.29, 1.82) is 0 Å². The molecule has 0 unspecified atom stereocenters. The van der Waals surface area contributed by atoms with Crippen LogP contribution in [0.1, 0.15) is 122 Å². The van der Waals surface area contributed by atoms with Gasteiger partial charge >= 0.3 is 12.1 Å². The second-order valence-corrected chi connectivity index (χ2v) is 25.4. The zero-order valence-corrected chi connectivity index (χ0v) is 58.8. The number of alkyl carbamates (subject to hydrolysis) is 1. The van der Waals surface area contributed by atoms with Gasteiger partial charge in [0.1, 0.15) is 25.3 Å². The van der Waals surface area contributed by atoms with Crippen molar-refractivity contribution in [2.24, 2.45) is 11.7 Å². The fourth-order valence-electron chi connectivity index (χ4n) is 12.0. The summed E-state index contributed by atoms with van der Waals surface area (Å²) in [5.74, 6) is -1.57. The summed E-state index contributed by atoms with van der Waals surface area (Å²) in [7, 11) is 0. The Morgan fingerprint density at radius 3 is 1.80 bits per heavy atom. The molecule has 0 radical (unpaired) electrons. The highest BCUT2D eigenvalue weighted by Crippen LogP contribution is 2.46. The minimum absolute atomic E-state index is 0.0134. The van der Waals surface area contributed by atoms with Gasteiger partial charge in [-0.1, -0.05) is 63.2 Å². The molecule has 5 aromatic rings. The van der Waals surface area contributed by atoms with Crippen LogP contribution in [0.3, 0.4) is 0 Å². The molecule has 548 valence electrons. The molecular weight excluding hydrogens is 1290 g/mol. The molecule has 4 amide bonds. The number of nitrogens with two attached hydrogens (primary N) is 1. The number of benzene rings is 3. The Balaban J connectivity index is 0.705. The summed E-state index contributed by atoms with van der Waals surface area (Å²) in [6.45, 7) is 19.2. The molecule has 0 fully saturated rings. The molecule has 1 aliphatic carbocycles. The van der Waals surface area contributed by atoms with E-state index < -0.39 is 53.5 Å². The number of ether oxygens (including phenoxy) is 12. The summed E-state index contributed by atoms with van der Waals surface area (Å²) in [6.07, 6.45) is 3.22. The topological polar surface area (TPSA) is 325 Å². The van der Waals surface area contributed by atoms with Crippen molar-refractivity contribution in [3.05, 3.63) is 127 Å². The number of nitrogens with zero attached hydrogens (tertiary/aromatic N) is 2. The van der Waals surface area contributed by atoms with Gasteiger partial charge in [-0.15, -0.1) is 0 Å². The molecule has 0 bridgehead atoms. The number of esters is 1.